The molecular formula is C8H10ClN3S. The predicted octanol–water partition coefficient (Wildman–Crippen LogP) is 1.53. The topological polar surface area (TPSA) is 41.6 Å². The number of hydrogen-bond acceptors (Lipinski definition) is 4. The van der Waals surface area contributed by atoms with E-state index in [0.717, 1.165) is 30.2 Å². The van der Waals surface area contributed by atoms with E-state index in [2.05, 4.69) is 4.99 Å². The maximum atomic E-state index is 5.97. The fourth-order valence-corrected chi connectivity index (χ4v) is 2.32. The molecule has 3 nitrogen and oxygen atoms in total. The quantitative estimate of drug-likeness (QED) is 0.813. The average Bonchev–Trinajstić information content (AvgIpc) is 2.65. The number of nitrogens with two attached hydrogens (primary N) is 1. The molecule has 0 atom stereocenters. The highest BCUT2D eigenvalue weighted by atomic mass is 35.5. The van der Waals surface area contributed by atoms with E-state index in [1.54, 1.807) is 11.3 Å². The molecule has 2 heterocycles. The summed E-state index contributed by atoms with van der Waals surface area (Å²) in [6, 6.07) is 0. The van der Waals surface area contributed by atoms with Gasteiger partial charge in [-0.15, -0.1) is 0 Å². The molecule has 0 bridgehead atoms. The molecule has 70 valence electrons. The van der Waals surface area contributed by atoms with Crippen LogP contribution >= 0.6 is 22.9 Å². The van der Waals surface area contributed by atoms with Gasteiger partial charge in [0.1, 0.15) is 0 Å². The van der Waals surface area contributed by atoms with Gasteiger partial charge in [0.15, 0.2) is 5.96 Å². The van der Waals surface area contributed by atoms with Crippen LogP contribution in [0.15, 0.2) is 15.8 Å². The van der Waals surface area contributed by atoms with Crippen LogP contribution in [-0.4, -0.2) is 23.9 Å². The minimum Gasteiger partial charge on any atom is -0.370 e. The number of rotatable bonds is 2. The van der Waals surface area contributed by atoms with Crippen LogP contribution in [0.5, 0.6) is 0 Å². The van der Waals surface area contributed by atoms with Gasteiger partial charge in [-0.05, 0) is 5.38 Å². The summed E-state index contributed by atoms with van der Waals surface area (Å²) in [4.78, 5) is 6.14. The Morgan fingerprint density at radius 3 is 3.00 bits per heavy atom. The van der Waals surface area contributed by atoms with E-state index in [-0.39, 0.29) is 0 Å². The Morgan fingerprint density at radius 2 is 2.46 bits per heavy atom. The number of halogens is 1. The van der Waals surface area contributed by atoms with Crippen LogP contribution < -0.4 is 5.73 Å². The van der Waals surface area contributed by atoms with Crippen molar-refractivity contribution in [3.05, 3.63) is 21.3 Å². The molecule has 1 aliphatic heterocycles. The van der Waals surface area contributed by atoms with Crippen LogP contribution in [0.1, 0.15) is 5.56 Å². The Labute approximate surface area is 85.8 Å². The Bertz CT molecular complexity index is 334. The third kappa shape index (κ3) is 1.78. The van der Waals surface area contributed by atoms with Crippen LogP contribution in [0.4, 0.5) is 0 Å². The van der Waals surface area contributed by atoms with E-state index in [1.165, 1.54) is 0 Å². The highest BCUT2D eigenvalue weighted by Gasteiger charge is 2.15. The summed E-state index contributed by atoms with van der Waals surface area (Å²) >= 11 is 7.58. The predicted molar refractivity (Wildman–Crippen MR) is 56.2 cm³/mol. The summed E-state index contributed by atoms with van der Waals surface area (Å²) in [5.74, 6) is 0.627. The highest BCUT2D eigenvalue weighted by molar-refractivity contribution is 7.08. The first-order valence-corrected chi connectivity index (χ1v) is 5.35. The molecule has 0 fully saturated rings. The number of hydrogen-bond donors (Lipinski definition) is 1. The van der Waals surface area contributed by atoms with Crippen LogP contribution in [0.2, 0.25) is 5.02 Å². The lowest BCUT2D eigenvalue weighted by molar-refractivity contribution is 0.449. The summed E-state index contributed by atoms with van der Waals surface area (Å²) in [5.41, 5.74) is 6.81. The van der Waals surface area contributed by atoms with Gasteiger partial charge in [-0.2, -0.15) is 11.3 Å². The second-order valence-electron chi connectivity index (χ2n) is 2.91. The molecule has 0 saturated carbocycles. The molecule has 1 aromatic rings. The van der Waals surface area contributed by atoms with Gasteiger partial charge in [0.05, 0.1) is 11.6 Å². The van der Waals surface area contributed by atoms with Gasteiger partial charge < -0.3 is 10.6 Å². The van der Waals surface area contributed by atoms with E-state index >= 15 is 0 Å². The lowest BCUT2D eigenvalue weighted by Crippen LogP contribution is -2.33. The van der Waals surface area contributed by atoms with E-state index in [1.807, 2.05) is 15.7 Å². The van der Waals surface area contributed by atoms with Crippen molar-refractivity contribution >= 4 is 28.9 Å². The molecule has 1 aliphatic rings. The van der Waals surface area contributed by atoms with Crippen LogP contribution in [0.3, 0.4) is 0 Å². The molecule has 0 unspecified atom stereocenters. The largest absolute Gasteiger partial charge is 0.370 e. The normalized spacial score (nSPS) is 16.4. The van der Waals surface area contributed by atoms with Gasteiger partial charge in [-0.25, -0.2) is 0 Å². The summed E-state index contributed by atoms with van der Waals surface area (Å²) in [5, 5.41) is 4.80. The van der Waals surface area contributed by atoms with E-state index in [0.29, 0.717) is 5.96 Å². The van der Waals surface area contributed by atoms with Crippen molar-refractivity contribution in [3.8, 4) is 0 Å². The third-order valence-corrected chi connectivity index (χ3v) is 3.29. The van der Waals surface area contributed by atoms with Crippen LogP contribution in [0, 0.1) is 0 Å². The number of guanidine groups is 1. The molecule has 5 heteroatoms. The first-order valence-electron chi connectivity index (χ1n) is 4.03. The maximum Gasteiger partial charge on any atom is 0.191 e. The summed E-state index contributed by atoms with van der Waals surface area (Å²) < 4.78 is 0. The molecule has 2 rings (SSSR count). The van der Waals surface area contributed by atoms with Crippen LogP contribution in [-0.2, 0) is 6.54 Å². The first-order chi connectivity index (χ1) is 6.27. The van der Waals surface area contributed by atoms with Gasteiger partial charge in [0, 0.05) is 24.0 Å². The smallest absolute Gasteiger partial charge is 0.191 e. The van der Waals surface area contributed by atoms with Gasteiger partial charge in [0.25, 0.3) is 0 Å². The number of nitrogens with zero attached hydrogens (tertiary/aromatic N) is 2. The Balaban J connectivity index is 2.07. The van der Waals surface area contributed by atoms with Crippen molar-refractivity contribution in [1.82, 2.24) is 4.90 Å². The Hall–Kier alpha value is -0.740. The molecule has 0 radical (unpaired) electrons. The van der Waals surface area contributed by atoms with Crippen molar-refractivity contribution in [2.75, 3.05) is 13.1 Å². The van der Waals surface area contributed by atoms with Crippen molar-refractivity contribution in [3.63, 3.8) is 0 Å². The molecule has 0 saturated heterocycles. The Kier molecular flexibility index (Phi) is 2.42. The molecule has 2 N–H and O–H groups in total. The molecule has 0 spiro atoms. The fourth-order valence-electron chi connectivity index (χ4n) is 1.29. The SMILES string of the molecule is NC1=NCCN1Cc1cscc1Cl. The average molecular weight is 216 g/mol. The molecular weight excluding hydrogens is 206 g/mol. The molecule has 0 aliphatic carbocycles. The monoisotopic (exact) mass is 215 g/mol. The fraction of sp³-hybridized carbons (Fsp3) is 0.375. The molecule has 1 aromatic heterocycles. The highest BCUT2D eigenvalue weighted by Crippen LogP contribution is 2.22. The standard InChI is InChI=1S/C8H10ClN3S/c9-7-5-13-4-6(7)3-12-2-1-11-8(12)10/h4-5H,1-3H2,(H2,10,11). The van der Waals surface area contributed by atoms with E-state index in [4.69, 9.17) is 17.3 Å². The van der Waals surface area contributed by atoms with Gasteiger partial charge >= 0.3 is 0 Å². The summed E-state index contributed by atoms with van der Waals surface area (Å²) in [7, 11) is 0. The summed E-state index contributed by atoms with van der Waals surface area (Å²) in [6.07, 6.45) is 0. The zero-order valence-electron chi connectivity index (χ0n) is 7.03. The minimum absolute atomic E-state index is 0.627. The third-order valence-electron chi connectivity index (χ3n) is 2.02. The molecule has 0 aromatic carbocycles. The van der Waals surface area contributed by atoms with E-state index < -0.39 is 0 Å². The first kappa shape index (κ1) is 8.84. The van der Waals surface area contributed by atoms with Crippen LogP contribution in [0.25, 0.3) is 0 Å². The second-order valence-corrected chi connectivity index (χ2v) is 4.06. The lowest BCUT2D eigenvalue weighted by atomic mass is 10.3. The molecule has 0 amide bonds. The van der Waals surface area contributed by atoms with Crippen molar-refractivity contribution in [1.29, 1.82) is 0 Å². The lowest BCUT2D eigenvalue weighted by Gasteiger charge is -2.16. The number of thiophene rings is 1. The van der Waals surface area contributed by atoms with Crippen molar-refractivity contribution in [2.45, 2.75) is 6.54 Å². The molecule has 13 heavy (non-hydrogen) atoms. The van der Waals surface area contributed by atoms with Crippen molar-refractivity contribution < 1.29 is 0 Å². The van der Waals surface area contributed by atoms with Gasteiger partial charge in [0.2, 0.25) is 0 Å². The zero-order valence-corrected chi connectivity index (χ0v) is 8.61. The Morgan fingerprint density at radius 1 is 1.62 bits per heavy atom. The van der Waals surface area contributed by atoms with E-state index in [9.17, 15) is 0 Å². The summed E-state index contributed by atoms with van der Waals surface area (Å²) in [6.45, 7) is 2.48. The van der Waals surface area contributed by atoms with Gasteiger partial charge in [-0.1, -0.05) is 11.6 Å². The number of aliphatic imine (C=N–C) groups is 1. The maximum absolute atomic E-state index is 5.97. The second kappa shape index (κ2) is 3.55. The van der Waals surface area contributed by atoms with Crippen molar-refractivity contribution in [2.24, 2.45) is 10.7 Å². The van der Waals surface area contributed by atoms with Gasteiger partial charge in [-0.3, -0.25) is 4.99 Å². The zero-order chi connectivity index (χ0) is 9.26. The minimum atomic E-state index is 0.627.